The Kier molecular flexibility index (Phi) is 8.05. The smallest absolute Gasteiger partial charge is 0.321 e. The van der Waals surface area contributed by atoms with Gasteiger partial charge in [-0.05, 0) is 59.7 Å². The van der Waals surface area contributed by atoms with Crippen molar-refractivity contribution >= 4 is 29.2 Å². The number of ether oxygens (including phenoxy) is 1. The summed E-state index contributed by atoms with van der Waals surface area (Å²) in [5, 5.41) is 13.3. The molecule has 3 aromatic carbocycles. The summed E-state index contributed by atoms with van der Waals surface area (Å²) in [6, 6.07) is 14.0. The molecular formula is C29H30Cl2F2N2O3. The predicted molar refractivity (Wildman–Crippen MR) is 145 cm³/mol. The van der Waals surface area contributed by atoms with Crippen LogP contribution in [-0.2, 0) is 16.8 Å². The van der Waals surface area contributed by atoms with Crippen molar-refractivity contribution in [2.45, 2.75) is 50.2 Å². The highest BCUT2D eigenvalue weighted by molar-refractivity contribution is 6.31. The summed E-state index contributed by atoms with van der Waals surface area (Å²) in [6.45, 7) is 4.06. The van der Waals surface area contributed by atoms with Crippen LogP contribution in [-0.4, -0.2) is 30.3 Å². The third kappa shape index (κ3) is 5.38. The lowest BCUT2D eigenvalue weighted by Crippen LogP contribution is -2.52. The number of methoxy groups -OCH3 is 1. The van der Waals surface area contributed by atoms with E-state index >= 15 is 8.78 Å². The Labute approximate surface area is 230 Å². The molecule has 0 radical (unpaired) electrons. The van der Waals surface area contributed by atoms with Crippen molar-refractivity contribution in [2.75, 3.05) is 7.11 Å². The lowest BCUT2D eigenvalue weighted by molar-refractivity contribution is -0.139. The molecule has 1 unspecified atom stereocenters. The van der Waals surface area contributed by atoms with Gasteiger partial charge in [0.1, 0.15) is 23.4 Å². The lowest BCUT2D eigenvalue weighted by atomic mass is 9.67. The molecule has 0 aliphatic carbocycles. The number of rotatable bonds is 8. The SMILES string of the molecule is COc1ccc(CC(C)(C)C[C@@H]2NC(C(=O)O)[C@H](c3cccc(Cl)c3F)[C@@]2(N)c2ccc(Cl)cc2F)cc1. The van der Waals surface area contributed by atoms with Crippen molar-refractivity contribution < 1.29 is 23.4 Å². The standard InChI is InChI=1S/C29H30Cl2F2N2O3/c1-28(2,14-16-7-10-18(38-3)11-8-16)15-23-29(34,20-12-9-17(30)13-22(20)32)24(26(35-23)27(36)37)19-5-4-6-21(31)25(19)33/h4-13,23-24,26,35H,14-15,34H2,1-3H3,(H,36,37)/t23-,24-,26?,29+/m0/s1. The van der Waals surface area contributed by atoms with Gasteiger partial charge < -0.3 is 15.6 Å². The Morgan fingerprint density at radius 1 is 1.13 bits per heavy atom. The highest BCUT2D eigenvalue weighted by Gasteiger charge is 2.58. The van der Waals surface area contributed by atoms with E-state index in [9.17, 15) is 9.90 Å². The average Bonchev–Trinajstić information content (AvgIpc) is 3.13. The molecule has 4 N–H and O–H groups in total. The Morgan fingerprint density at radius 3 is 2.42 bits per heavy atom. The number of carbonyl (C=O) groups is 1. The number of halogens is 4. The van der Waals surface area contributed by atoms with Crippen molar-refractivity contribution in [1.82, 2.24) is 5.32 Å². The predicted octanol–water partition coefficient (Wildman–Crippen LogP) is 6.30. The molecule has 3 aromatic rings. The van der Waals surface area contributed by atoms with Crippen LogP contribution in [0.25, 0.3) is 0 Å². The zero-order valence-corrected chi connectivity index (χ0v) is 22.8. The second-order valence-electron chi connectivity index (χ2n) is 10.6. The zero-order valence-electron chi connectivity index (χ0n) is 21.3. The molecule has 1 fully saturated rings. The van der Waals surface area contributed by atoms with E-state index < -0.39 is 46.6 Å². The van der Waals surface area contributed by atoms with Gasteiger partial charge in [0.25, 0.3) is 0 Å². The van der Waals surface area contributed by atoms with Gasteiger partial charge in [0, 0.05) is 22.5 Å². The van der Waals surface area contributed by atoms with Crippen LogP contribution in [0, 0.1) is 17.0 Å². The van der Waals surface area contributed by atoms with Gasteiger partial charge >= 0.3 is 5.97 Å². The van der Waals surface area contributed by atoms with Gasteiger partial charge in [0.2, 0.25) is 0 Å². The third-order valence-electron chi connectivity index (χ3n) is 7.38. The van der Waals surface area contributed by atoms with Crippen LogP contribution in [0.15, 0.2) is 60.7 Å². The molecule has 0 bridgehead atoms. The van der Waals surface area contributed by atoms with Crippen molar-refractivity contribution in [3.63, 3.8) is 0 Å². The van der Waals surface area contributed by atoms with Crippen LogP contribution in [0.2, 0.25) is 10.0 Å². The summed E-state index contributed by atoms with van der Waals surface area (Å²) in [5.74, 6) is -3.14. The first kappa shape index (κ1) is 28.3. The molecule has 4 rings (SSSR count). The molecule has 9 heteroatoms. The average molecular weight is 563 g/mol. The van der Waals surface area contributed by atoms with E-state index in [2.05, 4.69) is 5.32 Å². The summed E-state index contributed by atoms with van der Waals surface area (Å²) >= 11 is 12.1. The van der Waals surface area contributed by atoms with Crippen molar-refractivity contribution in [3.05, 3.63) is 99.0 Å². The molecule has 5 nitrogen and oxygen atoms in total. The Bertz CT molecular complexity index is 1340. The second kappa shape index (κ2) is 10.8. The maximum Gasteiger partial charge on any atom is 0.321 e. The summed E-state index contributed by atoms with van der Waals surface area (Å²) in [5.41, 5.74) is 6.13. The molecule has 38 heavy (non-hydrogen) atoms. The number of carboxylic acid groups (broad SMARTS) is 1. The summed E-state index contributed by atoms with van der Waals surface area (Å²) in [4.78, 5) is 12.5. The lowest BCUT2D eigenvalue weighted by Gasteiger charge is -2.40. The fourth-order valence-electron chi connectivity index (χ4n) is 5.70. The molecule has 0 amide bonds. The number of nitrogens with two attached hydrogens (primary N) is 1. The molecule has 0 aromatic heterocycles. The molecule has 0 spiro atoms. The number of nitrogens with one attached hydrogen (secondary N) is 1. The fraction of sp³-hybridized carbons (Fsp3) is 0.345. The molecule has 0 saturated carbocycles. The van der Waals surface area contributed by atoms with E-state index in [1.165, 1.54) is 30.3 Å². The molecule has 1 aliphatic heterocycles. The molecule has 1 aliphatic rings. The zero-order chi connectivity index (χ0) is 27.8. The van der Waals surface area contributed by atoms with E-state index in [1.54, 1.807) is 7.11 Å². The van der Waals surface area contributed by atoms with Crippen molar-refractivity contribution in [1.29, 1.82) is 0 Å². The molecular weight excluding hydrogens is 533 g/mol. The highest BCUT2D eigenvalue weighted by Crippen LogP contribution is 2.50. The molecule has 4 atom stereocenters. The van der Waals surface area contributed by atoms with Crippen LogP contribution >= 0.6 is 23.2 Å². The number of hydrogen-bond donors (Lipinski definition) is 3. The number of hydrogen-bond acceptors (Lipinski definition) is 4. The minimum Gasteiger partial charge on any atom is -0.497 e. The van der Waals surface area contributed by atoms with Crippen LogP contribution in [0.5, 0.6) is 5.75 Å². The molecule has 202 valence electrons. The van der Waals surface area contributed by atoms with Gasteiger partial charge in [-0.15, -0.1) is 0 Å². The summed E-state index contributed by atoms with van der Waals surface area (Å²) < 4.78 is 36.1. The first-order chi connectivity index (χ1) is 17.9. The third-order valence-corrected chi connectivity index (χ3v) is 7.91. The number of carboxylic acids is 1. The summed E-state index contributed by atoms with van der Waals surface area (Å²) in [7, 11) is 1.60. The molecule has 1 heterocycles. The quantitative estimate of drug-likeness (QED) is 0.300. The topological polar surface area (TPSA) is 84.6 Å². The van der Waals surface area contributed by atoms with Gasteiger partial charge in [-0.3, -0.25) is 10.1 Å². The van der Waals surface area contributed by atoms with Crippen molar-refractivity contribution in [3.8, 4) is 5.75 Å². The van der Waals surface area contributed by atoms with Crippen LogP contribution in [0.1, 0.15) is 42.9 Å². The van der Waals surface area contributed by atoms with Gasteiger partial charge in [-0.1, -0.05) is 67.4 Å². The monoisotopic (exact) mass is 562 g/mol. The maximum atomic E-state index is 15.5. The molecule has 1 saturated heterocycles. The normalized spacial score (nSPS) is 23.4. The van der Waals surface area contributed by atoms with Gasteiger partial charge in [-0.2, -0.15) is 0 Å². The highest BCUT2D eigenvalue weighted by atomic mass is 35.5. The minimum absolute atomic E-state index is 0.00436. The van der Waals surface area contributed by atoms with E-state index in [1.807, 2.05) is 38.1 Å². The van der Waals surface area contributed by atoms with E-state index in [4.69, 9.17) is 33.7 Å². The minimum atomic E-state index is -1.65. The maximum absolute atomic E-state index is 15.5. The van der Waals surface area contributed by atoms with Gasteiger partial charge in [0.15, 0.2) is 0 Å². The second-order valence-corrected chi connectivity index (χ2v) is 11.4. The van der Waals surface area contributed by atoms with Crippen LogP contribution < -0.4 is 15.8 Å². The van der Waals surface area contributed by atoms with E-state index in [0.29, 0.717) is 12.8 Å². The number of benzene rings is 3. The van der Waals surface area contributed by atoms with E-state index in [0.717, 1.165) is 17.4 Å². The van der Waals surface area contributed by atoms with Crippen LogP contribution in [0.3, 0.4) is 0 Å². The van der Waals surface area contributed by atoms with Gasteiger partial charge in [0.05, 0.1) is 17.7 Å². The Balaban J connectivity index is 1.82. The Hall–Kier alpha value is -2.71. The van der Waals surface area contributed by atoms with Crippen molar-refractivity contribution in [2.24, 2.45) is 11.1 Å². The van der Waals surface area contributed by atoms with E-state index in [-0.39, 0.29) is 21.2 Å². The summed E-state index contributed by atoms with van der Waals surface area (Å²) in [6.07, 6.45) is 0.988. The largest absolute Gasteiger partial charge is 0.497 e. The number of aliphatic carboxylic acids is 1. The van der Waals surface area contributed by atoms with Crippen LogP contribution in [0.4, 0.5) is 8.78 Å². The first-order valence-corrected chi connectivity index (χ1v) is 12.9. The first-order valence-electron chi connectivity index (χ1n) is 12.2. The fourth-order valence-corrected chi connectivity index (χ4v) is 6.04. The van der Waals surface area contributed by atoms with Gasteiger partial charge in [-0.25, -0.2) is 8.78 Å². The Morgan fingerprint density at radius 2 is 1.82 bits per heavy atom.